The van der Waals surface area contributed by atoms with E-state index in [1.54, 1.807) is 0 Å². The molecule has 1 fully saturated rings. The van der Waals surface area contributed by atoms with Crippen molar-refractivity contribution in [2.24, 2.45) is 5.92 Å². The minimum Gasteiger partial charge on any atom is -0.345 e. The van der Waals surface area contributed by atoms with Crippen molar-refractivity contribution in [2.75, 3.05) is 12.0 Å². The molecule has 6 nitrogen and oxygen atoms in total. The molecule has 0 aromatic carbocycles. The lowest BCUT2D eigenvalue weighted by Crippen LogP contribution is -2.10. The number of aromatic nitrogens is 4. The molecule has 0 aliphatic heterocycles. The molecule has 1 saturated carbocycles. The summed E-state index contributed by atoms with van der Waals surface area (Å²) in [6, 6.07) is 2.02. The van der Waals surface area contributed by atoms with E-state index >= 15 is 0 Å². The molecule has 25 heavy (non-hydrogen) atoms. The van der Waals surface area contributed by atoms with Crippen LogP contribution >= 0.6 is 0 Å². The number of aromatic amines is 1. The van der Waals surface area contributed by atoms with Gasteiger partial charge in [-0.25, -0.2) is 18.4 Å². The molecule has 0 saturated heterocycles. The van der Waals surface area contributed by atoms with E-state index in [-0.39, 0.29) is 5.75 Å². The number of nitrogens with zero attached hydrogens (tertiary/aromatic N) is 3. The van der Waals surface area contributed by atoms with Crippen molar-refractivity contribution in [1.29, 1.82) is 0 Å². The molecule has 3 aromatic rings. The summed E-state index contributed by atoms with van der Waals surface area (Å²) in [4.78, 5) is 12.6. The summed E-state index contributed by atoms with van der Waals surface area (Å²) in [6.45, 7) is 2.25. The smallest absolute Gasteiger partial charge is 0.154 e. The molecule has 0 radical (unpaired) electrons. The largest absolute Gasteiger partial charge is 0.345 e. The summed E-state index contributed by atoms with van der Waals surface area (Å²) in [5.41, 5.74) is 3.64. The molecule has 1 N–H and O–H groups in total. The van der Waals surface area contributed by atoms with Gasteiger partial charge in [0.15, 0.2) is 5.65 Å². The minimum atomic E-state index is -3.02. The predicted molar refractivity (Wildman–Crippen MR) is 98.6 cm³/mol. The van der Waals surface area contributed by atoms with Gasteiger partial charge in [-0.05, 0) is 24.8 Å². The van der Waals surface area contributed by atoms with Crippen LogP contribution < -0.4 is 0 Å². The zero-order valence-electron chi connectivity index (χ0n) is 14.7. The van der Waals surface area contributed by atoms with Gasteiger partial charge in [-0.3, -0.25) is 4.40 Å². The van der Waals surface area contributed by atoms with Crippen LogP contribution in [0, 0.1) is 5.92 Å². The van der Waals surface area contributed by atoms with Crippen molar-refractivity contribution in [3.63, 3.8) is 0 Å². The van der Waals surface area contributed by atoms with Gasteiger partial charge < -0.3 is 4.98 Å². The number of rotatable bonds is 5. The topological polar surface area (TPSA) is 80.1 Å². The van der Waals surface area contributed by atoms with Crippen molar-refractivity contribution >= 4 is 26.5 Å². The predicted octanol–water partition coefficient (Wildman–Crippen LogP) is 3.09. The van der Waals surface area contributed by atoms with Crippen LogP contribution in [0.1, 0.15) is 50.0 Å². The summed E-state index contributed by atoms with van der Waals surface area (Å²) in [5.74, 6) is 2.28. The number of hydrogen-bond acceptors (Lipinski definition) is 4. The highest BCUT2D eigenvalue weighted by Gasteiger charge is 2.32. The molecule has 0 amide bonds. The van der Waals surface area contributed by atoms with Crippen molar-refractivity contribution in [3.8, 4) is 0 Å². The molecule has 1 aliphatic rings. The summed E-state index contributed by atoms with van der Waals surface area (Å²) >= 11 is 0. The third-order valence-corrected chi connectivity index (χ3v) is 6.45. The van der Waals surface area contributed by atoms with Crippen LogP contribution in [-0.2, 0) is 16.3 Å². The Kier molecular flexibility index (Phi) is 4.06. The van der Waals surface area contributed by atoms with Gasteiger partial charge >= 0.3 is 0 Å². The van der Waals surface area contributed by atoms with E-state index in [9.17, 15) is 8.42 Å². The van der Waals surface area contributed by atoms with Gasteiger partial charge in [0.1, 0.15) is 15.7 Å². The van der Waals surface area contributed by atoms with Crippen molar-refractivity contribution < 1.29 is 8.42 Å². The van der Waals surface area contributed by atoms with E-state index in [1.165, 1.54) is 19.1 Å². The standard InChI is InChI=1S/C18H24N4O2S/c1-3-12-5-4-6-13(12)18-21-14(8-10-25(2,23)24)16-11-20-17-15(22(16)18)7-9-19-17/h7,9,11-13,19H,3-6,8,10H2,1-2H3/t12-,13+/m1/s1. The Morgan fingerprint density at radius 2 is 2.16 bits per heavy atom. The fourth-order valence-electron chi connectivity index (χ4n) is 4.23. The van der Waals surface area contributed by atoms with Crippen LogP contribution in [0.15, 0.2) is 18.5 Å². The molecule has 2 atom stereocenters. The van der Waals surface area contributed by atoms with E-state index in [0.717, 1.165) is 41.0 Å². The molecule has 7 heteroatoms. The van der Waals surface area contributed by atoms with Gasteiger partial charge in [0.05, 0.1) is 28.7 Å². The van der Waals surface area contributed by atoms with E-state index in [1.807, 2.05) is 18.5 Å². The third-order valence-electron chi connectivity index (χ3n) is 5.50. The second kappa shape index (κ2) is 6.12. The van der Waals surface area contributed by atoms with Gasteiger partial charge in [-0.1, -0.05) is 19.8 Å². The van der Waals surface area contributed by atoms with Crippen LogP contribution in [0.25, 0.3) is 16.7 Å². The van der Waals surface area contributed by atoms with Gasteiger partial charge in [-0.15, -0.1) is 0 Å². The molecule has 1 aliphatic carbocycles. The molecular weight excluding hydrogens is 336 g/mol. The fourth-order valence-corrected chi connectivity index (χ4v) is 4.79. The van der Waals surface area contributed by atoms with Crippen LogP contribution in [0.3, 0.4) is 0 Å². The molecule has 0 unspecified atom stereocenters. The summed E-state index contributed by atoms with van der Waals surface area (Å²) in [5, 5.41) is 0. The van der Waals surface area contributed by atoms with Crippen LogP contribution in [0.4, 0.5) is 0 Å². The normalized spacial score (nSPS) is 21.5. The first-order valence-electron chi connectivity index (χ1n) is 8.99. The first kappa shape index (κ1) is 16.6. The Hall–Kier alpha value is -1.89. The molecular formula is C18H24N4O2S. The highest BCUT2D eigenvalue weighted by atomic mass is 32.2. The van der Waals surface area contributed by atoms with Gasteiger partial charge in [-0.2, -0.15) is 0 Å². The fraction of sp³-hybridized carbons (Fsp3) is 0.556. The second-order valence-electron chi connectivity index (χ2n) is 7.19. The second-order valence-corrected chi connectivity index (χ2v) is 9.45. The first-order chi connectivity index (χ1) is 12.0. The van der Waals surface area contributed by atoms with Gasteiger partial charge in [0.2, 0.25) is 0 Å². The number of aryl methyl sites for hydroxylation is 1. The number of nitrogens with one attached hydrogen (secondary N) is 1. The lowest BCUT2D eigenvalue weighted by Gasteiger charge is -2.17. The molecule has 3 heterocycles. The highest BCUT2D eigenvalue weighted by molar-refractivity contribution is 7.90. The Balaban J connectivity index is 1.89. The third kappa shape index (κ3) is 2.94. The van der Waals surface area contributed by atoms with Crippen LogP contribution in [-0.4, -0.2) is 39.8 Å². The van der Waals surface area contributed by atoms with E-state index in [0.29, 0.717) is 18.3 Å². The Morgan fingerprint density at radius 1 is 1.32 bits per heavy atom. The molecule has 0 bridgehead atoms. The summed E-state index contributed by atoms with van der Waals surface area (Å²) in [7, 11) is -3.02. The molecule has 4 rings (SSSR count). The number of hydrogen-bond donors (Lipinski definition) is 1. The SMILES string of the molecule is CC[C@@H]1CCC[C@@H]1c1nc(CCS(C)(=O)=O)c2cnc3[nH]ccc3n12. The maximum absolute atomic E-state index is 11.6. The number of H-pyrrole nitrogens is 1. The maximum atomic E-state index is 11.6. The van der Waals surface area contributed by atoms with E-state index in [4.69, 9.17) is 4.98 Å². The van der Waals surface area contributed by atoms with Crippen molar-refractivity contribution in [2.45, 2.75) is 44.9 Å². The maximum Gasteiger partial charge on any atom is 0.154 e. The number of fused-ring (bicyclic) bond motifs is 3. The Labute approximate surface area is 147 Å². The lowest BCUT2D eigenvalue weighted by molar-refractivity contribution is 0.452. The lowest BCUT2D eigenvalue weighted by atomic mass is 9.93. The summed E-state index contributed by atoms with van der Waals surface area (Å²) in [6.07, 6.45) is 10.2. The summed E-state index contributed by atoms with van der Waals surface area (Å²) < 4.78 is 25.4. The van der Waals surface area contributed by atoms with Gasteiger partial charge in [0, 0.05) is 24.8 Å². The van der Waals surface area contributed by atoms with E-state index in [2.05, 4.69) is 21.3 Å². The average molecular weight is 360 g/mol. The number of sulfone groups is 1. The Bertz CT molecular complexity index is 1020. The molecule has 0 spiro atoms. The number of imidazole rings is 1. The zero-order valence-corrected chi connectivity index (χ0v) is 15.5. The Morgan fingerprint density at radius 3 is 2.92 bits per heavy atom. The van der Waals surface area contributed by atoms with Gasteiger partial charge in [0.25, 0.3) is 0 Å². The van der Waals surface area contributed by atoms with Crippen LogP contribution in [0.5, 0.6) is 0 Å². The van der Waals surface area contributed by atoms with Crippen molar-refractivity contribution in [3.05, 3.63) is 30.0 Å². The first-order valence-corrected chi connectivity index (χ1v) is 11.0. The highest BCUT2D eigenvalue weighted by Crippen LogP contribution is 2.41. The minimum absolute atomic E-state index is 0.117. The molecule has 134 valence electrons. The monoisotopic (exact) mass is 360 g/mol. The quantitative estimate of drug-likeness (QED) is 0.758. The average Bonchev–Trinajstić information content (AvgIpc) is 3.28. The van der Waals surface area contributed by atoms with E-state index < -0.39 is 9.84 Å². The molecule has 3 aromatic heterocycles. The zero-order chi connectivity index (χ0) is 17.6. The van der Waals surface area contributed by atoms with Crippen molar-refractivity contribution in [1.82, 2.24) is 19.4 Å². The van der Waals surface area contributed by atoms with Crippen LogP contribution in [0.2, 0.25) is 0 Å².